The van der Waals surface area contributed by atoms with Crippen LogP contribution < -0.4 is 5.32 Å². The van der Waals surface area contributed by atoms with E-state index in [0.717, 1.165) is 16.6 Å². The minimum Gasteiger partial charge on any atom is -0.477 e. The topological polar surface area (TPSA) is 90.9 Å². The van der Waals surface area contributed by atoms with Crippen molar-refractivity contribution in [1.29, 1.82) is 0 Å². The van der Waals surface area contributed by atoms with E-state index in [1.165, 1.54) is 0 Å². The summed E-state index contributed by atoms with van der Waals surface area (Å²) in [4.78, 5) is 21.5. The average molecular weight is 289 g/mol. The van der Waals surface area contributed by atoms with Gasteiger partial charge in [-0.1, -0.05) is 0 Å². The zero-order valence-corrected chi connectivity index (χ0v) is 10.8. The van der Waals surface area contributed by atoms with E-state index in [-0.39, 0.29) is 11.0 Å². The van der Waals surface area contributed by atoms with Gasteiger partial charge in [0.1, 0.15) is 11.5 Å². The van der Waals surface area contributed by atoms with Gasteiger partial charge in [-0.05, 0) is 41.9 Å². The van der Waals surface area contributed by atoms with E-state index >= 15 is 0 Å². The molecule has 0 aliphatic carbocycles. The number of aromatic nitrogens is 3. The molecule has 0 aliphatic rings. The van der Waals surface area contributed by atoms with E-state index < -0.39 is 5.97 Å². The molecule has 7 heteroatoms. The molecule has 0 aliphatic heterocycles. The number of anilines is 2. The van der Waals surface area contributed by atoms with E-state index in [1.54, 1.807) is 24.4 Å². The lowest BCUT2D eigenvalue weighted by molar-refractivity contribution is 0.0691. The molecule has 0 unspecified atom stereocenters. The third-order valence-corrected chi connectivity index (χ3v) is 2.93. The van der Waals surface area contributed by atoms with Crippen molar-refractivity contribution >= 4 is 40.0 Å². The van der Waals surface area contributed by atoms with Crippen LogP contribution in [-0.4, -0.2) is 26.0 Å². The Kier molecular flexibility index (Phi) is 3.00. The lowest BCUT2D eigenvalue weighted by Gasteiger charge is -2.05. The zero-order chi connectivity index (χ0) is 14.1. The molecule has 0 atom stereocenters. The Morgan fingerprint density at radius 3 is 2.90 bits per heavy atom. The lowest BCUT2D eigenvalue weighted by Crippen LogP contribution is -1.94. The van der Waals surface area contributed by atoms with Crippen LogP contribution in [0.1, 0.15) is 10.5 Å². The molecular formula is C13H9ClN4O2. The molecule has 100 valence electrons. The molecule has 1 aromatic carbocycles. The van der Waals surface area contributed by atoms with Gasteiger partial charge >= 0.3 is 5.97 Å². The van der Waals surface area contributed by atoms with Gasteiger partial charge in [-0.2, -0.15) is 0 Å². The Labute approximate surface area is 118 Å². The van der Waals surface area contributed by atoms with Crippen LogP contribution in [-0.2, 0) is 0 Å². The largest absolute Gasteiger partial charge is 0.477 e. The number of benzene rings is 1. The lowest BCUT2D eigenvalue weighted by atomic mass is 10.2. The first-order valence-electron chi connectivity index (χ1n) is 5.73. The quantitative estimate of drug-likeness (QED) is 0.644. The van der Waals surface area contributed by atoms with Crippen molar-refractivity contribution in [3.05, 3.63) is 47.5 Å². The highest BCUT2D eigenvalue weighted by atomic mass is 35.5. The van der Waals surface area contributed by atoms with Gasteiger partial charge in [0.05, 0.1) is 0 Å². The van der Waals surface area contributed by atoms with Crippen molar-refractivity contribution in [1.82, 2.24) is 15.0 Å². The summed E-state index contributed by atoms with van der Waals surface area (Å²) in [5.41, 5.74) is 1.69. The molecule has 0 fully saturated rings. The predicted octanol–water partition coefficient (Wildman–Crippen LogP) is 3.05. The number of carboxylic acids is 1. The third kappa shape index (κ3) is 2.41. The van der Waals surface area contributed by atoms with Gasteiger partial charge in [0.15, 0.2) is 0 Å². The summed E-state index contributed by atoms with van der Waals surface area (Å²) in [6.45, 7) is 0. The van der Waals surface area contributed by atoms with Crippen molar-refractivity contribution in [2.24, 2.45) is 0 Å². The van der Waals surface area contributed by atoms with Gasteiger partial charge in [-0.3, -0.25) is 0 Å². The van der Waals surface area contributed by atoms with Crippen molar-refractivity contribution in [3.8, 4) is 0 Å². The highest BCUT2D eigenvalue weighted by Crippen LogP contribution is 2.22. The minimum atomic E-state index is -0.988. The molecule has 20 heavy (non-hydrogen) atoms. The highest BCUT2D eigenvalue weighted by Gasteiger charge is 2.08. The summed E-state index contributed by atoms with van der Waals surface area (Å²) in [6.07, 6.45) is 1.55. The fraction of sp³-hybridized carbons (Fsp3) is 0. The number of carbonyl (C=O) groups is 1. The third-order valence-electron chi connectivity index (χ3n) is 2.75. The number of carboxylic acid groups (broad SMARTS) is 1. The number of H-pyrrole nitrogens is 1. The summed E-state index contributed by atoms with van der Waals surface area (Å²) in [7, 11) is 0. The monoisotopic (exact) mass is 288 g/mol. The molecule has 3 N–H and O–H groups in total. The van der Waals surface area contributed by atoms with E-state index in [4.69, 9.17) is 16.7 Å². The van der Waals surface area contributed by atoms with Gasteiger partial charge in [0.2, 0.25) is 5.28 Å². The molecule has 3 aromatic rings. The van der Waals surface area contributed by atoms with E-state index in [0.29, 0.717) is 5.82 Å². The summed E-state index contributed by atoms with van der Waals surface area (Å²) in [6, 6.07) is 8.72. The smallest absolute Gasteiger partial charge is 0.352 e. The Morgan fingerprint density at radius 2 is 2.15 bits per heavy atom. The summed E-state index contributed by atoms with van der Waals surface area (Å²) < 4.78 is 0. The van der Waals surface area contributed by atoms with Crippen molar-refractivity contribution in [3.63, 3.8) is 0 Å². The molecule has 6 nitrogen and oxygen atoms in total. The van der Waals surface area contributed by atoms with Crippen molar-refractivity contribution in [2.75, 3.05) is 5.32 Å². The van der Waals surface area contributed by atoms with Crippen LogP contribution in [0.25, 0.3) is 10.9 Å². The molecule has 3 rings (SSSR count). The van der Waals surface area contributed by atoms with Gasteiger partial charge in [-0.25, -0.2) is 14.8 Å². The maximum absolute atomic E-state index is 10.9. The molecule has 0 amide bonds. The number of halogens is 1. The van der Waals surface area contributed by atoms with E-state index in [9.17, 15) is 4.79 Å². The summed E-state index contributed by atoms with van der Waals surface area (Å²) >= 11 is 5.71. The predicted molar refractivity (Wildman–Crippen MR) is 75.6 cm³/mol. The van der Waals surface area contributed by atoms with Crippen LogP contribution in [0, 0.1) is 0 Å². The molecule has 0 saturated heterocycles. The van der Waals surface area contributed by atoms with Crippen LogP contribution in [0.15, 0.2) is 36.5 Å². The first-order valence-corrected chi connectivity index (χ1v) is 6.11. The maximum atomic E-state index is 10.9. The minimum absolute atomic E-state index is 0.155. The highest BCUT2D eigenvalue weighted by molar-refractivity contribution is 6.28. The number of fused-ring (bicyclic) bond motifs is 1. The second-order valence-corrected chi connectivity index (χ2v) is 4.46. The second-order valence-electron chi connectivity index (χ2n) is 4.13. The second kappa shape index (κ2) is 4.82. The number of nitrogens with zero attached hydrogens (tertiary/aromatic N) is 2. The van der Waals surface area contributed by atoms with Crippen LogP contribution in [0.2, 0.25) is 5.28 Å². The fourth-order valence-electron chi connectivity index (χ4n) is 1.88. The Balaban J connectivity index is 1.94. The molecule has 0 radical (unpaired) electrons. The maximum Gasteiger partial charge on any atom is 0.352 e. The van der Waals surface area contributed by atoms with Gasteiger partial charge in [-0.15, -0.1) is 0 Å². The number of aromatic amines is 1. The molecule has 2 heterocycles. The van der Waals surface area contributed by atoms with Crippen LogP contribution >= 0.6 is 11.6 Å². The Morgan fingerprint density at radius 1 is 1.30 bits per heavy atom. The first-order chi connectivity index (χ1) is 9.61. The van der Waals surface area contributed by atoms with Gasteiger partial charge in [0.25, 0.3) is 0 Å². The number of aromatic carboxylic acids is 1. The normalized spacial score (nSPS) is 10.7. The molecule has 2 aromatic heterocycles. The van der Waals surface area contributed by atoms with Crippen LogP contribution in [0.3, 0.4) is 0 Å². The Hall–Kier alpha value is -2.60. The van der Waals surface area contributed by atoms with Gasteiger partial charge < -0.3 is 15.4 Å². The molecule has 0 saturated carbocycles. The zero-order valence-electron chi connectivity index (χ0n) is 10.1. The number of hydrogen-bond donors (Lipinski definition) is 3. The Bertz CT molecular complexity index is 800. The SMILES string of the molecule is O=C(O)c1cc2cc(Nc3ccnc(Cl)n3)ccc2[nH]1. The number of nitrogens with one attached hydrogen (secondary N) is 2. The summed E-state index contributed by atoms with van der Waals surface area (Å²) in [5.74, 6) is -0.420. The first kappa shape index (κ1) is 12.4. The molecule has 0 bridgehead atoms. The van der Waals surface area contributed by atoms with E-state index in [2.05, 4.69) is 20.3 Å². The standard InChI is InChI=1S/C13H9ClN4O2/c14-13-15-4-3-11(18-13)16-8-1-2-9-7(5-8)6-10(17-9)12(19)20/h1-6,17H,(H,19,20)(H,15,16,18). The molecular weight excluding hydrogens is 280 g/mol. The number of hydrogen-bond acceptors (Lipinski definition) is 4. The van der Waals surface area contributed by atoms with Crippen molar-refractivity contribution < 1.29 is 9.90 Å². The fourth-order valence-corrected chi connectivity index (χ4v) is 2.03. The van der Waals surface area contributed by atoms with Crippen LogP contribution in [0.4, 0.5) is 11.5 Å². The van der Waals surface area contributed by atoms with Crippen molar-refractivity contribution in [2.45, 2.75) is 0 Å². The van der Waals surface area contributed by atoms with E-state index in [1.807, 2.05) is 12.1 Å². The average Bonchev–Trinajstić information content (AvgIpc) is 2.82. The van der Waals surface area contributed by atoms with Gasteiger partial charge in [0, 0.05) is 22.8 Å². The summed E-state index contributed by atoms with van der Waals surface area (Å²) in [5, 5.41) is 13.0. The molecule has 0 spiro atoms. The van der Waals surface area contributed by atoms with Crippen LogP contribution in [0.5, 0.6) is 0 Å². The number of rotatable bonds is 3.